The van der Waals surface area contributed by atoms with Gasteiger partial charge in [0, 0.05) is 24.5 Å². The van der Waals surface area contributed by atoms with Gasteiger partial charge in [-0.15, -0.1) is 0 Å². The Labute approximate surface area is 201 Å². The van der Waals surface area contributed by atoms with Crippen LogP contribution in [0.15, 0.2) is 25.3 Å². The number of nitrogens with one attached hydrogen (secondary N) is 1. The lowest BCUT2D eigenvalue weighted by atomic mass is 9.76. The van der Waals surface area contributed by atoms with Crippen molar-refractivity contribution in [1.29, 1.82) is 0 Å². The number of amides is 1. The smallest absolute Gasteiger partial charge is 0.333 e. The van der Waals surface area contributed by atoms with E-state index >= 15 is 0 Å². The first-order valence-electron chi connectivity index (χ1n) is 10.7. The second kappa shape index (κ2) is 11.7. The van der Waals surface area contributed by atoms with E-state index in [9.17, 15) is 34.5 Å². The van der Waals surface area contributed by atoms with Crippen LogP contribution in [0, 0.1) is 5.41 Å². The number of hydrogen-bond donors (Lipinski definition) is 4. The predicted molar refractivity (Wildman–Crippen MR) is 116 cm³/mol. The van der Waals surface area contributed by atoms with E-state index in [1.54, 1.807) is 0 Å². The van der Waals surface area contributed by atoms with Gasteiger partial charge < -0.3 is 44.3 Å². The molecule has 0 aromatic carbocycles. The van der Waals surface area contributed by atoms with Crippen LogP contribution in [0.1, 0.15) is 20.8 Å². The Hall–Kier alpha value is -2.84. The predicted octanol–water partition coefficient (Wildman–Crippen LogP) is -1.34. The van der Waals surface area contributed by atoms with Gasteiger partial charge in [-0.25, -0.2) is 14.4 Å². The molecule has 2 aliphatic heterocycles. The molecule has 0 bridgehead atoms. The summed E-state index contributed by atoms with van der Waals surface area (Å²) in [6.45, 7) is 10.0. The largest absolute Gasteiger partial charge is 0.479 e. The third kappa shape index (κ3) is 6.64. The molecule has 196 valence electrons. The van der Waals surface area contributed by atoms with E-state index < -0.39 is 78.2 Å². The number of aliphatic hydroxyl groups is 2. The van der Waals surface area contributed by atoms with Crippen molar-refractivity contribution >= 4 is 23.8 Å². The van der Waals surface area contributed by atoms with Crippen LogP contribution in [-0.4, -0.2) is 101 Å². The zero-order valence-corrected chi connectivity index (χ0v) is 19.6. The van der Waals surface area contributed by atoms with Gasteiger partial charge in [-0.1, -0.05) is 27.0 Å². The van der Waals surface area contributed by atoms with Crippen molar-refractivity contribution in [2.75, 3.05) is 13.2 Å². The molecule has 2 aliphatic rings. The van der Waals surface area contributed by atoms with Gasteiger partial charge in [0.1, 0.15) is 31.0 Å². The Balaban J connectivity index is 2.37. The van der Waals surface area contributed by atoms with Crippen LogP contribution in [-0.2, 0) is 42.9 Å². The molecule has 35 heavy (non-hydrogen) atoms. The number of carboxylic acid groups (broad SMARTS) is 1. The highest BCUT2D eigenvalue weighted by molar-refractivity contribution is 5.81. The molecule has 8 atom stereocenters. The maximum Gasteiger partial charge on any atom is 0.333 e. The molecule has 0 aliphatic carbocycles. The maximum atomic E-state index is 11.9. The van der Waals surface area contributed by atoms with Gasteiger partial charge in [-0.05, 0) is 0 Å². The summed E-state index contributed by atoms with van der Waals surface area (Å²) in [7, 11) is 0. The van der Waals surface area contributed by atoms with Gasteiger partial charge in [0.2, 0.25) is 5.91 Å². The summed E-state index contributed by atoms with van der Waals surface area (Å²) in [4.78, 5) is 46.9. The third-order valence-electron chi connectivity index (χ3n) is 5.77. The summed E-state index contributed by atoms with van der Waals surface area (Å²) in [6.07, 6.45) is -8.49. The van der Waals surface area contributed by atoms with E-state index in [0.29, 0.717) is 0 Å². The van der Waals surface area contributed by atoms with Gasteiger partial charge in [-0.3, -0.25) is 4.79 Å². The average molecular weight is 501 g/mol. The molecule has 1 amide bonds. The molecule has 0 aromatic rings. The molecule has 8 unspecified atom stereocenters. The van der Waals surface area contributed by atoms with Crippen molar-refractivity contribution in [2.45, 2.75) is 69.7 Å². The van der Waals surface area contributed by atoms with Crippen molar-refractivity contribution in [3.05, 3.63) is 25.3 Å². The van der Waals surface area contributed by atoms with Crippen molar-refractivity contribution in [2.24, 2.45) is 5.41 Å². The molecule has 13 nitrogen and oxygen atoms in total. The Bertz CT molecular complexity index is 842. The highest BCUT2D eigenvalue weighted by atomic mass is 16.7. The number of esters is 2. The number of ether oxygens (including phenoxy) is 5. The summed E-state index contributed by atoms with van der Waals surface area (Å²) in [5.74, 6) is -3.59. The first kappa shape index (κ1) is 28.4. The second-order valence-corrected chi connectivity index (χ2v) is 8.70. The van der Waals surface area contributed by atoms with Gasteiger partial charge >= 0.3 is 17.9 Å². The minimum Gasteiger partial charge on any atom is -0.479 e. The number of carbonyl (C=O) groups excluding carboxylic acids is 3. The lowest BCUT2D eigenvalue weighted by molar-refractivity contribution is -0.329. The first-order chi connectivity index (χ1) is 16.3. The van der Waals surface area contributed by atoms with E-state index in [1.165, 1.54) is 20.8 Å². The molecule has 0 radical (unpaired) electrons. The third-order valence-corrected chi connectivity index (χ3v) is 5.77. The number of carboxylic acids is 1. The molecule has 0 saturated carbocycles. The highest BCUT2D eigenvalue weighted by Crippen LogP contribution is 2.39. The summed E-state index contributed by atoms with van der Waals surface area (Å²) in [5.41, 5.74) is -1.41. The lowest BCUT2D eigenvalue weighted by Crippen LogP contribution is -2.66. The fraction of sp³-hybridized carbons (Fsp3) is 0.636. The Kier molecular flexibility index (Phi) is 9.52. The van der Waals surface area contributed by atoms with Crippen molar-refractivity contribution in [3.63, 3.8) is 0 Å². The summed E-state index contributed by atoms with van der Waals surface area (Å²) in [5, 5.41) is 34.0. The second-order valence-electron chi connectivity index (χ2n) is 8.70. The van der Waals surface area contributed by atoms with Crippen LogP contribution in [0.4, 0.5) is 0 Å². The number of aliphatic hydroxyl groups excluding tert-OH is 2. The molecule has 0 aromatic heterocycles. The van der Waals surface area contributed by atoms with Crippen LogP contribution in [0.25, 0.3) is 0 Å². The molecule has 4 N–H and O–H groups in total. The molecule has 13 heteroatoms. The molecule has 0 spiro atoms. The molecule has 2 fully saturated rings. The summed E-state index contributed by atoms with van der Waals surface area (Å²) in [6, 6.07) is -0.955. The van der Waals surface area contributed by atoms with Crippen molar-refractivity contribution < 1.29 is 58.2 Å². The topological polar surface area (TPSA) is 187 Å². The SMILES string of the molecule is C=CC(=O)OCC1OCC(NC(C)=O)C(OC2OC(C(=O)O)C(C)(C)C(O)C2OC(=O)C=C)C1O. The van der Waals surface area contributed by atoms with Gasteiger partial charge in [0.05, 0.1) is 12.6 Å². The van der Waals surface area contributed by atoms with Crippen LogP contribution in [0.3, 0.4) is 0 Å². The van der Waals surface area contributed by atoms with Crippen LogP contribution in [0.5, 0.6) is 0 Å². The quantitative estimate of drug-likeness (QED) is 0.215. The summed E-state index contributed by atoms with van der Waals surface area (Å²) < 4.78 is 27.1. The number of rotatable bonds is 9. The Morgan fingerprint density at radius 3 is 2.29 bits per heavy atom. The monoisotopic (exact) mass is 501 g/mol. The van der Waals surface area contributed by atoms with E-state index in [2.05, 4.69) is 18.5 Å². The van der Waals surface area contributed by atoms with E-state index in [0.717, 1.165) is 12.2 Å². The van der Waals surface area contributed by atoms with Crippen LogP contribution in [0.2, 0.25) is 0 Å². The average Bonchev–Trinajstić information content (AvgIpc) is 2.79. The van der Waals surface area contributed by atoms with Crippen LogP contribution < -0.4 is 5.32 Å². The number of carbonyl (C=O) groups is 4. The summed E-state index contributed by atoms with van der Waals surface area (Å²) >= 11 is 0. The molecule has 2 saturated heterocycles. The van der Waals surface area contributed by atoms with Crippen LogP contribution >= 0.6 is 0 Å². The molecule has 2 rings (SSSR count). The molecule has 2 heterocycles. The van der Waals surface area contributed by atoms with Crippen molar-refractivity contribution in [3.8, 4) is 0 Å². The lowest BCUT2D eigenvalue weighted by Gasteiger charge is -2.49. The Morgan fingerprint density at radius 1 is 1.11 bits per heavy atom. The highest BCUT2D eigenvalue weighted by Gasteiger charge is 2.57. The molecular weight excluding hydrogens is 470 g/mol. The first-order valence-corrected chi connectivity index (χ1v) is 10.7. The molecular formula is C22H31NO12. The number of hydrogen-bond acceptors (Lipinski definition) is 11. The Morgan fingerprint density at radius 2 is 1.74 bits per heavy atom. The normalized spacial score (nSPS) is 34.2. The van der Waals surface area contributed by atoms with E-state index in [-0.39, 0.29) is 13.2 Å². The maximum absolute atomic E-state index is 11.9. The van der Waals surface area contributed by atoms with Gasteiger partial charge in [-0.2, -0.15) is 0 Å². The standard InChI is InChI=1S/C22H31NO12/c1-6-13(25)32-9-12-15(27)16(11(8-31-12)23-10(3)24)34-21-17(33-14(26)7-2)18(28)22(4,5)19(35-21)20(29)30/h6-7,11-12,15-19,21,27-28H,1-2,8-9H2,3-5H3,(H,23,24)(H,29,30). The van der Waals surface area contributed by atoms with Gasteiger partial charge in [0.15, 0.2) is 18.5 Å². The van der Waals surface area contributed by atoms with Gasteiger partial charge in [0.25, 0.3) is 0 Å². The van der Waals surface area contributed by atoms with Crippen molar-refractivity contribution in [1.82, 2.24) is 5.32 Å². The zero-order valence-electron chi connectivity index (χ0n) is 19.6. The fourth-order valence-corrected chi connectivity index (χ4v) is 3.86. The minimum absolute atomic E-state index is 0.183. The minimum atomic E-state index is -1.67. The van der Waals surface area contributed by atoms with E-state index in [4.69, 9.17) is 23.7 Å². The number of aliphatic carboxylic acids is 1. The fourth-order valence-electron chi connectivity index (χ4n) is 3.86. The van der Waals surface area contributed by atoms with E-state index in [1.807, 2.05) is 0 Å². The zero-order chi connectivity index (χ0) is 26.5.